The number of anilines is 1. The van der Waals surface area contributed by atoms with Crippen molar-refractivity contribution in [2.75, 3.05) is 11.9 Å². The minimum absolute atomic E-state index is 0.200. The second-order valence-corrected chi connectivity index (χ2v) is 6.73. The van der Waals surface area contributed by atoms with Crippen LogP contribution in [0.5, 0.6) is 0 Å². The smallest absolute Gasteiger partial charge is 0.269 e. The molecule has 0 fully saturated rings. The monoisotopic (exact) mass is 402 g/mol. The van der Waals surface area contributed by atoms with Crippen LogP contribution in [0.1, 0.15) is 16.1 Å². The Kier molecular flexibility index (Phi) is 5.78. The molecular formula is C19H16Cl2N4O2. The van der Waals surface area contributed by atoms with Gasteiger partial charge in [-0.1, -0.05) is 41.4 Å². The second kappa shape index (κ2) is 8.24. The summed E-state index contributed by atoms with van der Waals surface area (Å²) in [6.07, 6.45) is 0. The summed E-state index contributed by atoms with van der Waals surface area (Å²) in [4.78, 5) is 24.2. The van der Waals surface area contributed by atoms with Crippen molar-refractivity contribution in [3.05, 3.63) is 69.8 Å². The van der Waals surface area contributed by atoms with E-state index in [1.807, 2.05) is 19.1 Å². The van der Waals surface area contributed by atoms with Crippen molar-refractivity contribution < 1.29 is 9.59 Å². The third-order valence-corrected chi connectivity index (χ3v) is 4.30. The zero-order valence-corrected chi connectivity index (χ0v) is 15.9. The summed E-state index contributed by atoms with van der Waals surface area (Å²) in [5.41, 5.74) is 3.08. The van der Waals surface area contributed by atoms with E-state index in [1.165, 1.54) is 0 Å². The summed E-state index contributed by atoms with van der Waals surface area (Å²) >= 11 is 12.0. The number of hydrogen-bond donors (Lipinski definition) is 3. The van der Waals surface area contributed by atoms with Gasteiger partial charge in [-0.2, -0.15) is 5.10 Å². The lowest BCUT2D eigenvalue weighted by molar-refractivity contribution is -0.115. The number of aryl methyl sites for hydroxylation is 1. The lowest BCUT2D eigenvalue weighted by Gasteiger charge is -2.08. The maximum absolute atomic E-state index is 12.2. The van der Waals surface area contributed by atoms with E-state index in [2.05, 4.69) is 20.8 Å². The van der Waals surface area contributed by atoms with E-state index in [0.717, 1.165) is 11.1 Å². The van der Waals surface area contributed by atoms with Crippen LogP contribution >= 0.6 is 23.2 Å². The van der Waals surface area contributed by atoms with E-state index < -0.39 is 5.91 Å². The molecular weight excluding hydrogens is 387 g/mol. The molecule has 2 aromatic carbocycles. The van der Waals surface area contributed by atoms with Crippen LogP contribution in [0.25, 0.3) is 11.3 Å². The topological polar surface area (TPSA) is 86.9 Å². The molecule has 0 atom stereocenters. The lowest BCUT2D eigenvalue weighted by Crippen LogP contribution is -2.33. The quantitative estimate of drug-likeness (QED) is 0.601. The van der Waals surface area contributed by atoms with E-state index in [0.29, 0.717) is 21.4 Å². The highest BCUT2D eigenvalue weighted by atomic mass is 35.5. The van der Waals surface area contributed by atoms with Gasteiger partial charge in [0.1, 0.15) is 5.69 Å². The second-order valence-electron chi connectivity index (χ2n) is 5.89. The van der Waals surface area contributed by atoms with Crippen molar-refractivity contribution in [1.29, 1.82) is 0 Å². The van der Waals surface area contributed by atoms with E-state index in [9.17, 15) is 9.59 Å². The fourth-order valence-corrected chi connectivity index (χ4v) is 2.88. The molecule has 6 nitrogen and oxygen atoms in total. The van der Waals surface area contributed by atoms with Gasteiger partial charge in [0.25, 0.3) is 5.91 Å². The Balaban J connectivity index is 1.58. The molecule has 3 rings (SSSR count). The van der Waals surface area contributed by atoms with Crippen molar-refractivity contribution in [1.82, 2.24) is 15.5 Å². The molecule has 0 saturated carbocycles. The third kappa shape index (κ3) is 4.87. The fraction of sp³-hybridized carbons (Fsp3) is 0.105. The third-order valence-electron chi connectivity index (χ3n) is 3.75. The lowest BCUT2D eigenvalue weighted by atomic mass is 10.1. The molecule has 1 aromatic heterocycles. The number of hydrogen-bond acceptors (Lipinski definition) is 3. The zero-order chi connectivity index (χ0) is 19.4. The average molecular weight is 403 g/mol. The first-order chi connectivity index (χ1) is 12.9. The molecule has 0 aliphatic heterocycles. The van der Waals surface area contributed by atoms with Crippen LogP contribution in [-0.2, 0) is 4.79 Å². The molecule has 0 saturated heterocycles. The first-order valence-electron chi connectivity index (χ1n) is 8.08. The standard InChI is InChI=1S/C19H16Cl2N4O2/c1-11-5-6-15(14(21)7-11)23-18(26)10-22-19(27)17-9-16(24-25-17)12-3-2-4-13(20)8-12/h2-9H,10H2,1H3,(H,22,27)(H,23,26)(H,24,25). The number of benzene rings is 2. The van der Waals surface area contributed by atoms with Gasteiger partial charge >= 0.3 is 0 Å². The van der Waals surface area contributed by atoms with Gasteiger partial charge in [0.05, 0.1) is 22.9 Å². The molecule has 27 heavy (non-hydrogen) atoms. The Bertz CT molecular complexity index is 1000. The number of H-pyrrole nitrogens is 1. The Morgan fingerprint density at radius 2 is 1.93 bits per heavy atom. The molecule has 8 heteroatoms. The normalized spacial score (nSPS) is 10.5. The van der Waals surface area contributed by atoms with Gasteiger partial charge in [-0.05, 0) is 42.8 Å². The molecule has 0 unspecified atom stereocenters. The summed E-state index contributed by atoms with van der Waals surface area (Å²) in [6, 6.07) is 14.0. The predicted octanol–water partition coefficient (Wildman–Crippen LogP) is 4.06. The Morgan fingerprint density at radius 3 is 2.67 bits per heavy atom. The minimum Gasteiger partial charge on any atom is -0.342 e. The predicted molar refractivity (Wildman–Crippen MR) is 106 cm³/mol. The van der Waals surface area contributed by atoms with Gasteiger partial charge in [-0.25, -0.2) is 0 Å². The summed E-state index contributed by atoms with van der Waals surface area (Å²) in [7, 11) is 0. The zero-order valence-electron chi connectivity index (χ0n) is 14.3. The van der Waals surface area contributed by atoms with Crippen molar-refractivity contribution >= 4 is 40.7 Å². The van der Waals surface area contributed by atoms with Gasteiger partial charge in [-0.3, -0.25) is 14.7 Å². The Hall–Kier alpha value is -2.83. The van der Waals surface area contributed by atoms with E-state index >= 15 is 0 Å². The largest absolute Gasteiger partial charge is 0.342 e. The summed E-state index contributed by atoms with van der Waals surface area (Å²) in [6.45, 7) is 1.70. The molecule has 0 spiro atoms. The summed E-state index contributed by atoms with van der Waals surface area (Å²) in [5, 5.41) is 13.0. The van der Waals surface area contributed by atoms with Crippen molar-refractivity contribution in [2.24, 2.45) is 0 Å². The highest BCUT2D eigenvalue weighted by Crippen LogP contribution is 2.23. The van der Waals surface area contributed by atoms with Gasteiger partial charge in [-0.15, -0.1) is 0 Å². The van der Waals surface area contributed by atoms with Crippen LogP contribution in [0.15, 0.2) is 48.5 Å². The van der Waals surface area contributed by atoms with Crippen LogP contribution in [-0.4, -0.2) is 28.6 Å². The number of rotatable bonds is 5. The fourth-order valence-electron chi connectivity index (χ4n) is 2.41. The highest BCUT2D eigenvalue weighted by Gasteiger charge is 2.13. The first-order valence-corrected chi connectivity index (χ1v) is 8.83. The highest BCUT2D eigenvalue weighted by molar-refractivity contribution is 6.33. The molecule has 0 radical (unpaired) electrons. The number of nitrogens with zero attached hydrogens (tertiary/aromatic N) is 1. The van der Waals surface area contributed by atoms with Gasteiger partial charge in [0, 0.05) is 10.6 Å². The molecule has 0 bridgehead atoms. The van der Waals surface area contributed by atoms with Crippen LogP contribution in [0, 0.1) is 6.92 Å². The molecule has 0 aliphatic rings. The molecule has 1 heterocycles. The van der Waals surface area contributed by atoms with Crippen LogP contribution in [0.4, 0.5) is 5.69 Å². The van der Waals surface area contributed by atoms with Crippen molar-refractivity contribution in [2.45, 2.75) is 6.92 Å². The first kappa shape index (κ1) is 18.9. The molecule has 3 N–H and O–H groups in total. The van der Waals surface area contributed by atoms with Gasteiger partial charge in [0.15, 0.2) is 0 Å². The average Bonchev–Trinajstić information content (AvgIpc) is 3.12. The number of halogens is 2. The number of aromatic nitrogens is 2. The van der Waals surface area contributed by atoms with Crippen molar-refractivity contribution in [3.63, 3.8) is 0 Å². The van der Waals surface area contributed by atoms with Crippen LogP contribution in [0.2, 0.25) is 10.0 Å². The van der Waals surface area contributed by atoms with Crippen LogP contribution in [0.3, 0.4) is 0 Å². The number of nitrogens with one attached hydrogen (secondary N) is 3. The number of carbonyl (C=O) groups is 2. The molecule has 0 aliphatic carbocycles. The Labute approximate surface area is 165 Å². The number of carbonyl (C=O) groups excluding carboxylic acids is 2. The maximum atomic E-state index is 12.2. The van der Waals surface area contributed by atoms with Gasteiger partial charge < -0.3 is 10.6 Å². The number of amides is 2. The van der Waals surface area contributed by atoms with E-state index in [4.69, 9.17) is 23.2 Å². The molecule has 3 aromatic rings. The molecule has 138 valence electrons. The van der Waals surface area contributed by atoms with Crippen LogP contribution < -0.4 is 10.6 Å². The Morgan fingerprint density at radius 1 is 1.11 bits per heavy atom. The number of aromatic amines is 1. The minimum atomic E-state index is -0.444. The summed E-state index contributed by atoms with van der Waals surface area (Å²) < 4.78 is 0. The maximum Gasteiger partial charge on any atom is 0.269 e. The van der Waals surface area contributed by atoms with Crippen molar-refractivity contribution in [3.8, 4) is 11.3 Å². The van der Waals surface area contributed by atoms with Gasteiger partial charge in [0.2, 0.25) is 5.91 Å². The van der Waals surface area contributed by atoms with E-state index in [-0.39, 0.29) is 18.1 Å². The van der Waals surface area contributed by atoms with E-state index in [1.54, 1.807) is 36.4 Å². The SMILES string of the molecule is Cc1ccc(NC(=O)CNC(=O)c2cc(-c3cccc(Cl)c3)n[nH]2)c(Cl)c1. The summed E-state index contributed by atoms with van der Waals surface area (Å²) in [5.74, 6) is -0.829. The molecule has 2 amide bonds.